The van der Waals surface area contributed by atoms with Crippen molar-refractivity contribution in [2.75, 3.05) is 26.4 Å². The van der Waals surface area contributed by atoms with E-state index in [4.69, 9.17) is 9.47 Å². The quantitative estimate of drug-likeness (QED) is 0.688. The first kappa shape index (κ1) is 9.68. The Morgan fingerprint density at radius 2 is 2.43 bits per heavy atom. The summed E-state index contributed by atoms with van der Waals surface area (Å²) in [5, 5.41) is 3.15. The SMILES string of the molecule is O=C(C1=COCCC1)C1COCCN1. The van der Waals surface area contributed by atoms with Gasteiger partial charge in [-0.15, -0.1) is 0 Å². The lowest BCUT2D eigenvalue weighted by molar-refractivity contribution is -0.120. The van der Waals surface area contributed by atoms with Gasteiger partial charge in [-0.1, -0.05) is 0 Å². The molecule has 0 aromatic heterocycles. The number of morpholine rings is 1. The van der Waals surface area contributed by atoms with Gasteiger partial charge in [-0.3, -0.25) is 4.79 Å². The van der Waals surface area contributed by atoms with Crippen molar-refractivity contribution in [2.45, 2.75) is 18.9 Å². The highest BCUT2D eigenvalue weighted by molar-refractivity contribution is 5.99. The van der Waals surface area contributed by atoms with Crippen molar-refractivity contribution in [3.05, 3.63) is 11.8 Å². The molecule has 4 heteroatoms. The first-order valence-electron chi connectivity index (χ1n) is 5.04. The summed E-state index contributed by atoms with van der Waals surface area (Å²) in [7, 11) is 0. The van der Waals surface area contributed by atoms with Gasteiger partial charge in [0.1, 0.15) is 0 Å². The first-order chi connectivity index (χ1) is 6.88. The molecule has 0 aliphatic carbocycles. The molecule has 0 spiro atoms. The molecule has 1 unspecified atom stereocenters. The highest BCUT2D eigenvalue weighted by Gasteiger charge is 2.25. The summed E-state index contributed by atoms with van der Waals surface area (Å²) in [6, 6.07) is -0.170. The Morgan fingerprint density at radius 1 is 1.50 bits per heavy atom. The van der Waals surface area contributed by atoms with Crippen LogP contribution >= 0.6 is 0 Å². The minimum Gasteiger partial charge on any atom is -0.501 e. The molecule has 1 fully saturated rings. The van der Waals surface area contributed by atoms with Gasteiger partial charge in [-0.05, 0) is 12.8 Å². The van der Waals surface area contributed by atoms with Crippen LogP contribution in [0.4, 0.5) is 0 Å². The second-order valence-corrected chi connectivity index (χ2v) is 3.56. The van der Waals surface area contributed by atoms with Crippen LogP contribution in [-0.2, 0) is 14.3 Å². The molecule has 78 valence electrons. The summed E-state index contributed by atoms with van der Waals surface area (Å²) in [5.41, 5.74) is 0.791. The Kier molecular flexibility index (Phi) is 3.16. The van der Waals surface area contributed by atoms with Gasteiger partial charge in [0, 0.05) is 12.1 Å². The predicted octanol–water partition coefficient (Wildman–Crippen LogP) is 0.238. The van der Waals surface area contributed by atoms with Gasteiger partial charge in [-0.2, -0.15) is 0 Å². The fraction of sp³-hybridized carbons (Fsp3) is 0.700. The number of ketones is 1. The van der Waals surface area contributed by atoms with Crippen molar-refractivity contribution in [2.24, 2.45) is 0 Å². The van der Waals surface area contributed by atoms with Crippen molar-refractivity contribution in [1.82, 2.24) is 5.32 Å². The van der Waals surface area contributed by atoms with Gasteiger partial charge in [0.2, 0.25) is 0 Å². The normalized spacial score (nSPS) is 27.7. The van der Waals surface area contributed by atoms with Gasteiger partial charge in [0.25, 0.3) is 0 Å². The summed E-state index contributed by atoms with van der Waals surface area (Å²) < 4.78 is 10.4. The van der Waals surface area contributed by atoms with Crippen LogP contribution in [0.3, 0.4) is 0 Å². The van der Waals surface area contributed by atoms with Gasteiger partial charge >= 0.3 is 0 Å². The minimum absolute atomic E-state index is 0.129. The lowest BCUT2D eigenvalue weighted by atomic mass is 10.0. The largest absolute Gasteiger partial charge is 0.501 e. The summed E-state index contributed by atoms with van der Waals surface area (Å²) >= 11 is 0. The molecule has 2 rings (SSSR count). The number of Topliss-reactive ketones (excluding diaryl/α,β-unsaturated/α-hetero) is 1. The van der Waals surface area contributed by atoms with E-state index < -0.39 is 0 Å². The van der Waals surface area contributed by atoms with E-state index in [0.717, 1.165) is 31.6 Å². The highest BCUT2D eigenvalue weighted by atomic mass is 16.5. The molecule has 0 aromatic carbocycles. The van der Waals surface area contributed by atoms with Crippen LogP contribution in [-0.4, -0.2) is 38.2 Å². The predicted molar refractivity (Wildman–Crippen MR) is 50.9 cm³/mol. The monoisotopic (exact) mass is 197 g/mol. The average molecular weight is 197 g/mol. The van der Waals surface area contributed by atoms with Crippen LogP contribution in [0.1, 0.15) is 12.8 Å². The standard InChI is InChI=1S/C10H15NO3/c12-10(8-2-1-4-13-6-8)9-7-14-5-3-11-9/h6,9,11H,1-5,7H2. The molecule has 2 heterocycles. The molecular formula is C10H15NO3. The fourth-order valence-electron chi connectivity index (χ4n) is 1.70. The van der Waals surface area contributed by atoms with E-state index in [9.17, 15) is 4.79 Å². The second-order valence-electron chi connectivity index (χ2n) is 3.56. The number of carbonyl (C=O) groups excluding carboxylic acids is 1. The molecular weight excluding hydrogens is 182 g/mol. The number of rotatable bonds is 2. The number of ether oxygens (including phenoxy) is 2. The lowest BCUT2D eigenvalue weighted by Crippen LogP contribution is -2.47. The molecule has 0 saturated carbocycles. The van der Waals surface area contributed by atoms with Gasteiger partial charge in [0.05, 0.1) is 32.1 Å². The van der Waals surface area contributed by atoms with Crippen LogP contribution in [0.5, 0.6) is 0 Å². The van der Waals surface area contributed by atoms with Crippen molar-refractivity contribution in [1.29, 1.82) is 0 Å². The Balaban J connectivity index is 1.95. The summed E-state index contributed by atoms with van der Waals surface area (Å²) in [6.07, 6.45) is 3.37. The number of nitrogens with one attached hydrogen (secondary N) is 1. The third-order valence-electron chi connectivity index (χ3n) is 2.49. The average Bonchev–Trinajstić information content (AvgIpc) is 2.30. The van der Waals surface area contributed by atoms with Crippen LogP contribution in [0, 0.1) is 0 Å². The van der Waals surface area contributed by atoms with Crippen molar-refractivity contribution in [3.8, 4) is 0 Å². The van der Waals surface area contributed by atoms with Crippen LogP contribution < -0.4 is 5.32 Å². The molecule has 0 aromatic rings. The first-order valence-corrected chi connectivity index (χ1v) is 5.04. The third-order valence-corrected chi connectivity index (χ3v) is 2.49. The number of hydrogen-bond donors (Lipinski definition) is 1. The van der Waals surface area contributed by atoms with E-state index >= 15 is 0 Å². The molecule has 1 atom stereocenters. The topological polar surface area (TPSA) is 47.6 Å². The van der Waals surface area contributed by atoms with E-state index in [1.54, 1.807) is 6.26 Å². The van der Waals surface area contributed by atoms with E-state index in [-0.39, 0.29) is 11.8 Å². The minimum atomic E-state index is -0.170. The lowest BCUT2D eigenvalue weighted by Gasteiger charge is -2.24. The Labute approximate surface area is 83.3 Å². The Morgan fingerprint density at radius 3 is 3.07 bits per heavy atom. The smallest absolute Gasteiger partial charge is 0.181 e. The fourth-order valence-corrected chi connectivity index (χ4v) is 1.70. The Bertz CT molecular complexity index is 244. The number of hydrogen-bond acceptors (Lipinski definition) is 4. The van der Waals surface area contributed by atoms with E-state index in [2.05, 4.69) is 5.32 Å². The van der Waals surface area contributed by atoms with Crippen LogP contribution in [0.2, 0.25) is 0 Å². The van der Waals surface area contributed by atoms with Crippen LogP contribution in [0.25, 0.3) is 0 Å². The molecule has 1 N–H and O–H groups in total. The Hall–Kier alpha value is -0.870. The zero-order valence-electron chi connectivity index (χ0n) is 8.12. The van der Waals surface area contributed by atoms with Crippen molar-refractivity contribution in [3.63, 3.8) is 0 Å². The summed E-state index contributed by atoms with van der Waals surface area (Å²) in [6.45, 7) is 2.66. The number of carbonyl (C=O) groups is 1. The second kappa shape index (κ2) is 4.57. The van der Waals surface area contributed by atoms with E-state index in [1.807, 2.05) is 0 Å². The summed E-state index contributed by atoms with van der Waals surface area (Å²) in [4.78, 5) is 11.9. The molecule has 0 bridgehead atoms. The molecule has 0 radical (unpaired) electrons. The van der Waals surface area contributed by atoms with E-state index in [0.29, 0.717) is 13.2 Å². The van der Waals surface area contributed by atoms with E-state index in [1.165, 1.54) is 0 Å². The molecule has 14 heavy (non-hydrogen) atoms. The van der Waals surface area contributed by atoms with Gasteiger partial charge < -0.3 is 14.8 Å². The molecule has 1 saturated heterocycles. The molecule has 0 amide bonds. The maximum Gasteiger partial charge on any atom is 0.181 e. The zero-order valence-corrected chi connectivity index (χ0v) is 8.12. The van der Waals surface area contributed by atoms with Crippen LogP contribution in [0.15, 0.2) is 11.8 Å². The van der Waals surface area contributed by atoms with Crippen molar-refractivity contribution < 1.29 is 14.3 Å². The molecule has 2 aliphatic rings. The van der Waals surface area contributed by atoms with Gasteiger partial charge in [-0.25, -0.2) is 0 Å². The van der Waals surface area contributed by atoms with Crippen molar-refractivity contribution >= 4 is 5.78 Å². The van der Waals surface area contributed by atoms with Gasteiger partial charge in [0.15, 0.2) is 5.78 Å². The maximum absolute atomic E-state index is 11.9. The molecule has 4 nitrogen and oxygen atoms in total. The summed E-state index contributed by atoms with van der Waals surface area (Å²) in [5.74, 6) is 0.129. The maximum atomic E-state index is 11.9. The highest BCUT2D eigenvalue weighted by Crippen LogP contribution is 2.15. The third kappa shape index (κ3) is 2.13. The zero-order chi connectivity index (χ0) is 9.80. The molecule has 2 aliphatic heterocycles.